The standard InChI is InChI=1S/C16H12BrNO2S/c1-2-20-16(19)11-3-8-15(12(9-11)10-18)21-14-6-4-13(17)5-7-14/h3-9H,2H2,1H3. The Morgan fingerprint density at radius 3 is 2.62 bits per heavy atom. The molecule has 0 aliphatic heterocycles. The largest absolute Gasteiger partial charge is 0.462 e. The van der Waals surface area contributed by atoms with Gasteiger partial charge in [-0.05, 0) is 49.4 Å². The SMILES string of the molecule is CCOC(=O)c1ccc(Sc2ccc(Br)cc2)c(C#N)c1. The van der Waals surface area contributed by atoms with Crippen molar-refractivity contribution in [2.75, 3.05) is 6.61 Å². The Morgan fingerprint density at radius 1 is 1.29 bits per heavy atom. The van der Waals surface area contributed by atoms with E-state index in [2.05, 4.69) is 22.0 Å². The van der Waals surface area contributed by atoms with Crippen LogP contribution in [-0.2, 0) is 4.74 Å². The van der Waals surface area contributed by atoms with Crippen LogP contribution >= 0.6 is 27.7 Å². The first kappa shape index (κ1) is 15.6. The number of halogens is 1. The maximum atomic E-state index is 11.7. The number of nitrogens with zero attached hydrogens (tertiary/aromatic N) is 1. The van der Waals surface area contributed by atoms with Crippen molar-refractivity contribution in [3.63, 3.8) is 0 Å². The van der Waals surface area contributed by atoms with Gasteiger partial charge in [0.25, 0.3) is 0 Å². The van der Waals surface area contributed by atoms with Gasteiger partial charge >= 0.3 is 5.97 Å². The van der Waals surface area contributed by atoms with E-state index in [1.165, 1.54) is 11.8 Å². The van der Waals surface area contributed by atoms with Crippen molar-refractivity contribution in [2.24, 2.45) is 0 Å². The molecule has 0 amide bonds. The van der Waals surface area contributed by atoms with Crippen LogP contribution in [0.5, 0.6) is 0 Å². The minimum absolute atomic E-state index is 0.316. The van der Waals surface area contributed by atoms with Crippen LogP contribution in [0.15, 0.2) is 56.7 Å². The van der Waals surface area contributed by atoms with Gasteiger partial charge in [-0.2, -0.15) is 5.26 Å². The molecule has 0 atom stereocenters. The average molecular weight is 362 g/mol. The Labute approximate surface area is 136 Å². The first-order chi connectivity index (χ1) is 10.1. The van der Waals surface area contributed by atoms with E-state index < -0.39 is 5.97 Å². The first-order valence-corrected chi connectivity index (χ1v) is 7.89. The van der Waals surface area contributed by atoms with Gasteiger partial charge in [0.15, 0.2) is 0 Å². The Balaban J connectivity index is 2.26. The maximum Gasteiger partial charge on any atom is 0.338 e. The fraction of sp³-hybridized carbons (Fsp3) is 0.125. The van der Waals surface area contributed by atoms with Crippen molar-refractivity contribution >= 4 is 33.7 Å². The monoisotopic (exact) mass is 361 g/mol. The summed E-state index contributed by atoms with van der Waals surface area (Å²) in [6, 6.07) is 15.0. The topological polar surface area (TPSA) is 50.1 Å². The minimum atomic E-state index is -0.408. The summed E-state index contributed by atoms with van der Waals surface area (Å²) in [7, 11) is 0. The number of hydrogen-bond donors (Lipinski definition) is 0. The quantitative estimate of drug-likeness (QED) is 0.743. The highest BCUT2D eigenvalue weighted by atomic mass is 79.9. The molecule has 21 heavy (non-hydrogen) atoms. The lowest BCUT2D eigenvalue weighted by molar-refractivity contribution is 0.0526. The van der Waals surface area contributed by atoms with E-state index in [-0.39, 0.29) is 0 Å². The smallest absolute Gasteiger partial charge is 0.338 e. The lowest BCUT2D eigenvalue weighted by atomic mass is 10.1. The van der Waals surface area contributed by atoms with Crippen molar-refractivity contribution in [3.8, 4) is 6.07 Å². The summed E-state index contributed by atoms with van der Waals surface area (Å²) in [6.45, 7) is 2.07. The van der Waals surface area contributed by atoms with E-state index in [1.807, 2.05) is 24.3 Å². The van der Waals surface area contributed by atoms with Crippen LogP contribution in [0.4, 0.5) is 0 Å². The molecule has 3 nitrogen and oxygen atoms in total. The third kappa shape index (κ3) is 4.10. The molecule has 0 aromatic heterocycles. The molecule has 0 N–H and O–H groups in total. The van der Waals surface area contributed by atoms with Crippen molar-refractivity contribution in [1.29, 1.82) is 5.26 Å². The number of rotatable bonds is 4. The summed E-state index contributed by atoms with van der Waals surface area (Å²) in [5.74, 6) is -0.408. The molecule has 0 saturated heterocycles. The molecule has 0 fully saturated rings. The number of nitriles is 1. The highest BCUT2D eigenvalue weighted by Crippen LogP contribution is 2.31. The van der Waals surface area contributed by atoms with Gasteiger partial charge in [-0.1, -0.05) is 27.7 Å². The van der Waals surface area contributed by atoms with Gasteiger partial charge in [0.1, 0.15) is 6.07 Å². The normalized spacial score (nSPS) is 9.95. The van der Waals surface area contributed by atoms with Crippen LogP contribution in [-0.4, -0.2) is 12.6 Å². The molecule has 0 saturated carbocycles. The third-order valence-electron chi connectivity index (χ3n) is 2.65. The first-order valence-electron chi connectivity index (χ1n) is 6.28. The van der Waals surface area contributed by atoms with Gasteiger partial charge in [-0.25, -0.2) is 4.79 Å². The van der Waals surface area contributed by atoms with Crippen LogP contribution < -0.4 is 0 Å². The number of carbonyl (C=O) groups is 1. The molecule has 0 radical (unpaired) electrons. The summed E-state index contributed by atoms with van der Waals surface area (Å²) >= 11 is 4.87. The predicted molar refractivity (Wildman–Crippen MR) is 85.4 cm³/mol. The number of ether oxygens (including phenoxy) is 1. The lowest BCUT2D eigenvalue weighted by Crippen LogP contribution is -2.04. The second kappa shape index (κ2) is 7.30. The van der Waals surface area contributed by atoms with Crippen molar-refractivity contribution in [3.05, 3.63) is 58.1 Å². The zero-order valence-corrected chi connectivity index (χ0v) is 13.7. The highest BCUT2D eigenvalue weighted by Gasteiger charge is 2.11. The van der Waals surface area contributed by atoms with Crippen LogP contribution in [0.25, 0.3) is 0 Å². The fourth-order valence-electron chi connectivity index (χ4n) is 1.68. The molecule has 0 unspecified atom stereocenters. The molecule has 2 aromatic carbocycles. The van der Waals surface area contributed by atoms with E-state index in [1.54, 1.807) is 25.1 Å². The van der Waals surface area contributed by atoms with E-state index >= 15 is 0 Å². The highest BCUT2D eigenvalue weighted by molar-refractivity contribution is 9.10. The number of benzene rings is 2. The Bertz CT molecular complexity index is 692. The van der Waals surface area contributed by atoms with Crippen LogP contribution in [0.3, 0.4) is 0 Å². The molecule has 2 aromatic rings. The number of carbonyl (C=O) groups excluding carboxylic acids is 1. The van der Waals surface area contributed by atoms with E-state index in [9.17, 15) is 10.1 Å². The van der Waals surface area contributed by atoms with Crippen LogP contribution in [0, 0.1) is 11.3 Å². The number of hydrogen-bond acceptors (Lipinski definition) is 4. The summed E-state index contributed by atoms with van der Waals surface area (Å²) in [5, 5.41) is 9.25. The third-order valence-corrected chi connectivity index (χ3v) is 4.27. The van der Waals surface area contributed by atoms with E-state index in [4.69, 9.17) is 4.74 Å². The molecular formula is C16H12BrNO2S. The number of esters is 1. The Morgan fingerprint density at radius 2 is 2.00 bits per heavy atom. The van der Waals surface area contributed by atoms with Crippen molar-refractivity contribution in [2.45, 2.75) is 16.7 Å². The maximum absolute atomic E-state index is 11.7. The average Bonchev–Trinajstić information content (AvgIpc) is 2.50. The van der Waals surface area contributed by atoms with Gasteiger partial charge in [0.2, 0.25) is 0 Å². The molecule has 0 aliphatic rings. The molecule has 2 rings (SSSR count). The zero-order chi connectivity index (χ0) is 15.2. The summed E-state index contributed by atoms with van der Waals surface area (Å²) < 4.78 is 5.94. The predicted octanol–water partition coefficient (Wildman–Crippen LogP) is 4.65. The summed E-state index contributed by atoms with van der Waals surface area (Å²) in [4.78, 5) is 13.5. The second-order valence-corrected chi connectivity index (χ2v) is 6.13. The van der Waals surface area contributed by atoms with Gasteiger partial charge < -0.3 is 4.74 Å². The molecular weight excluding hydrogens is 350 g/mol. The Hall–Kier alpha value is -1.77. The Kier molecular flexibility index (Phi) is 5.43. The fourth-order valence-corrected chi connectivity index (χ4v) is 2.82. The van der Waals surface area contributed by atoms with Crippen molar-refractivity contribution in [1.82, 2.24) is 0 Å². The zero-order valence-electron chi connectivity index (χ0n) is 11.3. The molecule has 5 heteroatoms. The van der Waals surface area contributed by atoms with E-state index in [0.29, 0.717) is 17.7 Å². The summed E-state index contributed by atoms with van der Waals surface area (Å²) in [6.07, 6.45) is 0. The molecule has 0 bridgehead atoms. The molecule has 106 valence electrons. The van der Waals surface area contributed by atoms with E-state index in [0.717, 1.165) is 14.3 Å². The van der Waals surface area contributed by atoms with Gasteiger partial charge in [-0.15, -0.1) is 0 Å². The summed E-state index contributed by atoms with van der Waals surface area (Å²) in [5.41, 5.74) is 0.863. The van der Waals surface area contributed by atoms with Crippen LogP contribution in [0.2, 0.25) is 0 Å². The van der Waals surface area contributed by atoms with Crippen molar-refractivity contribution < 1.29 is 9.53 Å². The van der Waals surface area contributed by atoms with Gasteiger partial charge in [0.05, 0.1) is 17.7 Å². The molecule has 0 spiro atoms. The minimum Gasteiger partial charge on any atom is -0.462 e. The second-order valence-electron chi connectivity index (χ2n) is 4.10. The molecule has 0 heterocycles. The lowest BCUT2D eigenvalue weighted by Gasteiger charge is -2.07. The van der Waals surface area contributed by atoms with Crippen LogP contribution in [0.1, 0.15) is 22.8 Å². The van der Waals surface area contributed by atoms with Gasteiger partial charge in [0, 0.05) is 14.3 Å². The van der Waals surface area contributed by atoms with Gasteiger partial charge in [-0.3, -0.25) is 0 Å². The molecule has 0 aliphatic carbocycles.